The van der Waals surface area contributed by atoms with E-state index in [2.05, 4.69) is 11.4 Å². The Morgan fingerprint density at radius 2 is 2.29 bits per heavy atom. The Balaban J connectivity index is 1.98. The first-order valence-electron chi connectivity index (χ1n) is 6.64. The smallest absolute Gasteiger partial charge is 0.390 e. The molecule has 9 heteroatoms. The first-order valence-corrected chi connectivity index (χ1v) is 9.18. The molecule has 2 heterocycles. The fourth-order valence-electron chi connectivity index (χ4n) is 1.72. The fourth-order valence-corrected chi connectivity index (χ4v) is 3.78. The van der Waals surface area contributed by atoms with Gasteiger partial charge in [-0.3, -0.25) is 0 Å². The Morgan fingerprint density at radius 3 is 2.86 bits per heavy atom. The van der Waals surface area contributed by atoms with Crippen LogP contribution < -0.4 is 0 Å². The van der Waals surface area contributed by atoms with Crippen LogP contribution in [0, 0.1) is 10.1 Å². The Hall–Kier alpha value is -1.61. The molecule has 1 aliphatic heterocycles. The quantitative estimate of drug-likeness (QED) is 0.236. The number of carbonyl (C=O) groups is 1. The highest BCUT2D eigenvalue weighted by atomic mass is 32.3. The van der Waals surface area contributed by atoms with Gasteiger partial charge in [-0.15, -0.1) is 4.68 Å². The summed E-state index contributed by atoms with van der Waals surface area (Å²) in [6, 6.07) is 1.11. The minimum atomic E-state index is -0.644. The maximum atomic E-state index is 11.7. The summed E-state index contributed by atoms with van der Waals surface area (Å²) in [5.74, 6) is 2.57. The molecule has 0 N–H and O–H groups in total. The van der Waals surface area contributed by atoms with Gasteiger partial charge in [-0.2, -0.15) is 0 Å². The summed E-state index contributed by atoms with van der Waals surface area (Å²) < 4.78 is 11.5. The molecule has 1 aliphatic rings. The van der Waals surface area contributed by atoms with Gasteiger partial charge in [0.1, 0.15) is 0 Å². The number of ether oxygens (including phenoxy) is 2. The highest BCUT2D eigenvalue weighted by Crippen LogP contribution is 2.57. The van der Waals surface area contributed by atoms with E-state index in [9.17, 15) is 14.9 Å². The monoisotopic (exact) mass is 317 g/mol. The first kappa shape index (κ1) is 15.8. The lowest BCUT2D eigenvalue weighted by Crippen LogP contribution is -2.16. The summed E-state index contributed by atoms with van der Waals surface area (Å²) in [5.41, 5.74) is 0.0357. The molecule has 2 rings (SSSR count). The Bertz CT molecular complexity index is 541. The van der Waals surface area contributed by atoms with Gasteiger partial charge in [0.2, 0.25) is 0 Å². The van der Waals surface area contributed by atoms with Gasteiger partial charge in [-0.1, -0.05) is 0 Å². The van der Waals surface area contributed by atoms with Crippen molar-refractivity contribution in [1.82, 2.24) is 9.78 Å². The number of hydrogen-bond acceptors (Lipinski definition) is 6. The molecule has 1 saturated heterocycles. The zero-order valence-electron chi connectivity index (χ0n) is 12.1. The zero-order valence-corrected chi connectivity index (χ0v) is 12.9. The molecule has 1 aromatic heterocycles. The van der Waals surface area contributed by atoms with Gasteiger partial charge in [-0.25, -0.2) is 14.8 Å². The number of nitro groups is 1. The molecule has 0 spiro atoms. The number of aromatic nitrogens is 2. The van der Waals surface area contributed by atoms with Crippen molar-refractivity contribution in [3.8, 4) is 0 Å². The van der Waals surface area contributed by atoms with Crippen LogP contribution in [0.2, 0.25) is 0 Å². The lowest BCUT2D eigenvalue weighted by atomic mass is 10.4. The van der Waals surface area contributed by atoms with Crippen LogP contribution in [0.25, 0.3) is 0 Å². The fraction of sp³-hybridized carbons (Fsp3) is 0.667. The van der Waals surface area contributed by atoms with Gasteiger partial charge in [-0.05, 0) is 29.6 Å². The third kappa shape index (κ3) is 4.18. The molecule has 0 saturated carbocycles. The minimum absolute atomic E-state index is 0.0114. The van der Waals surface area contributed by atoms with Crippen LogP contribution >= 0.6 is 10.0 Å². The van der Waals surface area contributed by atoms with E-state index in [4.69, 9.17) is 9.47 Å². The molecule has 0 radical (unpaired) electrons. The third-order valence-electron chi connectivity index (χ3n) is 3.27. The predicted molar refractivity (Wildman–Crippen MR) is 78.9 cm³/mol. The average Bonchev–Trinajstić information content (AvgIpc) is 3.01. The number of carbonyl (C=O) groups excluding carboxylic acids is 1. The highest BCUT2D eigenvalue weighted by molar-refractivity contribution is 8.38. The van der Waals surface area contributed by atoms with Crippen LogP contribution in [0.1, 0.15) is 17.4 Å². The van der Waals surface area contributed by atoms with Crippen molar-refractivity contribution in [3.63, 3.8) is 0 Å². The SMILES string of the molecule is CCOC(=O)c1cc([N+](=O)[O-])nn1COCCS1(C)CC1. The van der Waals surface area contributed by atoms with Crippen LogP contribution in [0.5, 0.6) is 0 Å². The molecule has 0 aromatic carbocycles. The van der Waals surface area contributed by atoms with Crippen molar-refractivity contribution in [2.75, 3.05) is 36.7 Å². The number of hydrogen-bond donors (Lipinski definition) is 0. The molecule has 8 nitrogen and oxygen atoms in total. The average molecular weight is 317 g/mol. The van der Waals surface area contributed by atoms with E-state index in [1.807, 2.05) is 0 Å². The lowest BCUT2D eigenvalue weighted by molar-refractivity contribution is -0.389. The van der Waals surface area contributed by atoms with Crippen molar-refractivity contribution >= 4 is 21.8 Å². The van der Waals surface area contributed by atoms with E-state index in [1.54, 1.807) is 6.92 Å². The Kier molecular flexibility index (Phi) is 4.84. The maximum absolute atomic E-state index is 11.7. The summed E-state index contributed by atoms with van der Waals surface area (Å²) in [4.78, 5) is 21.9. The van der Waals surface area contributed by atoms with E-state index in [-0.39, 0.29) is 24.8 Å². The molecule has 21 heavy (non-hydrogen) atoms. The van der Waals surface area contributed by atoms with E-state index in [0.29, 0.717) is 6.61 Å². The van der Waals surface area contributed by atoms with E-state index < -0.39 is 20.9 Å². The molecule has 0 amide bonds. The molecule has 0 atom stereocenters. The molecule has 1 aromatic rings. The van der Waals surface area contributed by atoms with E-state index in [0.717, 1.165) is 11.8 Å². The number of rotatable bonds is 8. The molecule has 118 valence electrons. The number of esters is 1. The van der Waals surface area contributed by atoms with E-state index >= 15 is 0 Å². The summed E-state index contributed by atoms with van der Waals surface area (Å²) in [6.07, 6.45) is 2.28. The topological polar surface area (TPSA) is 96.5 Å². The van der Waals surface area contributed by atoms with E-state index in [1.165, 1.54) is 16.2 Å². The maximum Gasteiger partial charge on any atom is 0.390 e. The van der Waals surface area contributed by atoms with Gasteiger partial charge >= 0.3 is 11.8 Å². The van der Waals surface area contributed by atoms with Gasteiger partial charge in [0.05, 0.1) is 24.4 Å². The van der Waals surface area contributed by atoms with Crippen LogP contribution in [0.3, 0.4) is 0 Å². The second kappa shape index (κ2) is 6.44. The second-order valence-corrected chi connectivity index (χ2v) is 9.17. The molecule has 1 fully saturated rings. The van der Waals surface area contributed by atoms with Crippen LogP contribution in [-0.4, -0.2) is 57.4 Å². The lowest BCUT2D eigenvalue weighted by Gasteiger charge is -2.12. The first-order chi connectivity index (χ1) is 9.95. The normalized spacial score (nSPS) is 17.2. The van der Waals surface area contributed by atoms with Crippen LogP contribution in [-0.2, 0) is 16.2 Å². The standard InChI is InChI=1S/C12H19N3O5S/c1-3-20-12(16)10-8-11(15(17)18)13-14(10)9-19-4-5-21(2)6-7-21/h8H,3-7,9H2,1-2H3. The number of nitrogens with zero attached hydrogens (tertiary/aromatic N) is 3. The summed E-state index contributed by atoms with van der Waals surface area (Å²) in [7, 11) is -0.426. The van der Waals surface area contributed by atoms with Gasteiger partial charge in [0, 0.05) is 5.75 Å². The predicted octanol–water partition coefficient (Wildman–Crippen LogP) is 1.39. The van der Waals surface area contributed by atoms with Crippen molar-refractivity contribution in [1.29, 1.82) is 0 Å². The zero-order chi connectivity index (χ0) is 15.5. The van der Waals surface area contributed by atoms with Crippen LogP contribution in [0.4, 0.5) is 5.82 Å². The molecule has 0 bridgehead atoms. The minimum Gasteiger partial charge on any atom is -0.461 e. The summed E-state index contributed by atoms with van der Waals surface area (Å²) in [6.45, 7) is 2.45. The molecule has 0 aliphatic carbocycles. The highest BCUT2D eigenvalue weighted by Gasteiger charge is 2.30. The summed E-state index contributed by atoms with van der Waals surface area (Å²) in [5, 5.41) is 14.5. The van der Waals surface area contributed by atoms with Gasteiger partial charge in [0.15, 0.2) is 12.4 Å². The van der Waals surface area contributed by atoms with Crippen LogP contribution in [0.15, 0.2) is 6.07 Å². The van der Waals surface area contributed by atoms with Crippen molar-refractivity contribution < 1.29 is 19.2 Å². The van der Waals surface area contributed by atoms with Crippen molar-refractivity contribution in [2.45, 2.75) is 13.7 Å². The molecular weight excluding hydrogens is 298 g/mol. The largest absolute Gasteiger partial charge is 0.461 e. The summed E-state index contributed by atoms with van der Waals surface area (Å²) >= 11 is 0. The van der Waals surface area contributed by atoms with Crippen molar-refractivity contribution in [3.05, 3.63) is 21.9 Å². The Morgan fingerprint density at radius 1 is 1.57 bits per heavy atom. The second-order valence-electron chi connectivity index (χ2n) is 4.99. The van der Waals surface area contributed by atoms with Gasteiger partial charge < -0.3 is 19.6 Å². The molecular formula is C12H19N3O5S. The van der Waals surface area contributed by atoms with Gasteiger partial charge in [0.25, 0.3) is 0 Å². The van der Waals surface area contributed by atoms with Crippen molar-refractivity contribution in [2.24, 2.45) is 0 Å². The third-order valence-corrected chi connectivity index (χ3v) is 6.23. The molecule has 0 unspecified atom stereocenters. The Labute approximate surface area is 123 Å².